The van der Waals surface area contributed by atoms with Crippen molar-refractivity contribution in [3.8, 4) is 11.3 Å². The molecular formula is C15H18N6. The van der Waals surface area contributed by atoms with Gasteiger partial charge in [0.15, 0.2) is 5.65 Å². The maximum absolute atomic E-state index is 6.05. The van der Waals surface area contributed by atoms with Crippen molar-refractivity contribution in [3.05, 3.63) is 30.6 Å². The number of hydrogen-bond donors (Lipinski definition) is 2. The lowest BCUT2D eigenvalue weighted by atomic mass is 10.1. The smallest absolute Gasteiger partial charge is 0.164 e. The monoisotopic (exact) mass is 282 g/mol. The van der Waals surface area contributed by atoms with Gasteiger partial charge in [-0.15, -0.1) is 0 Å². The minimum atomic E-state index is -0.203. The molecule has 0 aliphatic heterocycles. The summed E-state index contributed by atoms with van der Waals surface area (Å²) in [7, 11) is 0. The first-order valence-electron chi connectivity index (χ1n) is 6.73. The molecule has 108 valence electrons. The maximum atomic E-state index is 6.05. The molecule has 1 aromatic carbocycles. The molecule has 0 amide bonds. The highest BCUT2D eigenvalue weighted by Crippen LogP contribution is 2.32. The van der Waals surface area contributed by atoms with Gasteiger partial charge in [0.1, 0.15) is 17.8 Å². The van der Waals surface area contributed by atoms with Crippen molar-refractivity contribution in [1.29, 1.82) is 0 Å². The Morgan fingerprint density at radius 1 is 1.00 bits per heavy atom. The zero-order valence-electron chi connectivity index (χ0n) is 12.3. The predicted molar refractivity (Wildman–Crippen MR) is 84.6 cm³/mol. The summed E-state index contributed by atoms with van der Waals surface area (Å²) in [5.74, 6) is 0.433. The summed E-state index contributed by atoms with van der Waals surface area (Å²) in [5.41, 5.74) is 14.8. The molecule has 0 saturated heterocycles. The summed E-state index contributed by atoms with van der Waals surface area (Å²) in [4.78, 5) is 8.45. The normalized spacial score (nSPS) is 12.0. The van der Waals surface area contributed by atoms with Crippen LogP contribution in [0.4, 0.5) is 11.5 Å². The van der Waals surface area contributed by atoms with Crippen LogP contribution in [0.2, 0.25) is 0 Å². The molecule has 0 bridgehead atoms. The van der Waals surface area contributed by atoms with E-state index < -0.39 is 0 Å². The number of anilines is 2. The van der Waals surface area contributed by atoms with Gasteiger partial charge < -0.3 is 11.5 Å². The average molecular weight is 282 g/mol. The second kappa shape index (κ2) is 4.44. The van der Waals surface area contributed by atoms with E-state index >= 15 is 0 Å². The van der Waals surface area contributed by atoms with Crippen molar-refractivity contribution in [2.75, 3.05) is 11.5 Å². The van der Waals surface area contributed by atoms with Crippen LogP contribution in [0.3, 0.4) is 0 Å². The van der Waals surface area contributed by atoms with Crippen molar-refractivity contribution in [2.24, 2.45) is 0 Å². The molecule has 2 aromatic heterocycles. The molecule has 4 N–H and O–H groups in total. The van der Waals surface area contributed by atoms with Gasteiger partial charge in [-0.05, 0) is 32.9 Å². The average Bonchev–Trinajstić information content (AvgIpc) is 2.80. The quantitative estimate of drug-likeness (QED) is 0.668. The number of nitrogens with zero attached hydrogens (tertiary/aromatic N) is 4. The van der Waals surface area contributed by atoms with Crippen LogP contribution in [0.15, 0.2) is 30.6 Å². The summed E-state index contributed by atoms with van der Waals surface area (Å²) in [6, 6.07) is 7.54. The molecule has 0 fully saturated rings. The molecule has 21 heavy (non-hydrogen) atoms. The van der Waals surface area contributed by atoms with Crippen molar-refractivity contribution in [2.45, 2.75) is 26.3 Å². The second-order valence-electron chi connectivity index (χ2n) is 6.01. The Morgan fingerprint density at radius 2 is 1.67 bits per heavy atom. The zero-order valence-corrected chi connectivity index (χ0v) is 12.3. The second-order valence-corrected chi connectivity index (χ2v) is 6.01. The van der Waals surface area contributed by atoms with Crippen molar-refractivity contribution >= 4 is 22.5 Å². The number of aromatic nitrogens is 4. The molecule has 0 aliphatic rings. The minimum Gasteiger partial charge on any atom is -0.399 e. The van der Waals surface area contributed by atoms with Gasteiger partial charge in [-0.2, -0.15) is 5.10 Å². The number of hydrogen-bond acceptors (Lipinski definition) is 5. The van der Waals surface area contributed by atoms with Crippen LogP contribution in [0.5, 0.6) is 0 Å². The van der Waals surface area contributed by atoms with Crippen LogP contribution in [0.25, 0.3) is 22.3 Å². The van der Waals surface area contributed by atoms with Gasteiger partial charge in [0.2, 0.25) is 0 Å². The van der Waals surface area contributed by atoms with Crippen LogP contribution >= 0.6 is 0 Å². The van der Waals surface area contributed by atoms with Crippen LogP contribution in [0.1, 0.15) is 20.8 Å². The molecule has 3 rings (SSSR count). The Labute approximate surface area is 122 Å². The summed E-state index contributed by atoms with van der Waals surface area (Å²) in [6.07, 6.45) is 1.47. The summed E-state index contributed by atoms with van der Waals surface area (Å²) in [6.45, 7) is 6.22. The van der Waals surface area contributed by atoms with Crippen LogP contribution in [0, 0.1) is 0 Å². The molecule has 0 saturated carbocycles. The van der Waals surface area contributed by atoms with Crippen LogP contribution in [-0.2, 0) is 5.54 Å². The molecule has 0 aliphatic carbocycles. The number of nitrogen functional groups attached to an aromatic ring is 2. The molecule has 6 nitrogen and oxygen atoms in total. The topological polar surface area (TPSA) is 95.6 Å². The van der Waals surface area contributed by atoms with E-state index in [0.29, 0.717) is 11.5 Å². The predicted octanol–water partition coefficient (Wildman–Crippen LogP) is 2.41. The zero-order chi connectivity index (χ0) is 15.2. The lowest BCUT2D eigenvalue weighted by molar-refractivity contribution is 0.367. The van der Waals surface area contributed by atoms with E-state index in [1.807, 2.05) is 28.9 Å². The Hall–Kier alpha value is -2.63. The minimum absolute atomic E-state index is 0.203. The van der Waals surface area contributed by atoms with E-state index in [0.717, 1.165) is 22.3 Å². The number of benzene rings is 1. The molecule has 0 atom stereocenters. The van der Waals surface area contributed by atoms with Gasteiger partial charge in [-0.3, -0.25) is 0 Å². The van der Waals surface area contributed by atoms with Gasteiger partial charge in [-0.25, -0.2) is 14.6 Å². The number of rotatable bonds is 1. The van der Waals surface area contributed by atoms with Crippen LogP contribution in [-0.4, -0.2) is 19.7 Å². The van der Waals surface area contributed by atoms with Crippen molar-refractivity contribution < 1.29 is 0 Å². The largest absolute Gasteiger partial charge is 0.399 e. The Bertz CT molecular complexity index is 795. The lowest BCUT2D eigenvalue weighted by Crippen LogP contribution is -2.23. The van der Waals surface area contributed by atoms with Gasteiger partial charge in [-0.1, -0.05) is 12.1 Å². The van der Waals surface area contributed by atoms with Crippen LogP contribution < -0.4 is 11.5 Å². The summed E-state index contributed by atoms with van der Waals surface area (Å²) >= 11 is 0. The van der Waals surface area contributed by atoms with Gasteiger partial charge in [0.25, 0.3) is 0 Å². The first kappa shape index (κ1) is 13.4. The lowest BCUT2D eigenvalue weighted by Gasteiger charge is -2.19. The highest BCUT2D eigenvalue weighted by atomic mass is 15.3. The van der Waals surface area contributed by atoms with Gasteiger partial charge >= 0.3 is 0 Å². The molecule has 0 unspecified atom stereocenters. The molecule has 0 radical (unpaired) electrons. The standard InChI is InChI=1S/C15H18N6/c1-15(2,3)21-14-11(13(17)18-8-19-14)12(20-21)9-4-6-10(16)7-5-9/h4-8H,16H2,1-3H3,(H2,17,18,19). The molecular weight excluding hydrogens is 264 g/mol. The van der Waals surface area contributed by atoms with Gasteiger partial charge in [0.05, 0.1) is 10.9 Å². The van der Waals surface area contributed by atoms with Crippen molar-refractivity contribution in [1.82, 2.24) is 19.7 Å². The maximum Gasteiger partial charge on any atom is 0.164 e. The number of fused-ring (bicyclic) bond motifs is 1. The van der Waals surface area contributed by atoms with E-state index in [1.54, 1.807) is 0 Å². The van der Waals surface area contributed by atoms with E-state index in [2.05, 4.69) is 30.7 Å². The Morgan fingerprint density at radius 3 is 2.29 bits per heavy atom. The SMILES string of the molecule is CC(C)(C)n1nc(-c2ccc(N)cc2)c2c(N)ncnc21. The third-order valence-electron chi connectivity index (χ3n) is 3.31. The van der Waals surface area contributed by atoms with E-state index in [9.17, 15) is 0 Å². The fourth-order valence-corrected chi connectivity index (χ4v) is 2.29. The summed E-state index contributed by atoms with van der Waals surface area (Å²) < 4.78 is 1.88. The molecule has 0 spiro atoms. The third-order valence-corrected chi connectivity index (χ3v) is 3.31. The van der Waals surface area contributed by atoms with E-state index in [-0.39, 0.29) is 5.54 Å². The highest BCUT2D eigenvalue weighted by Gasteiger charge is 2.23. The number of nitrogens with two attached hydrogens (primary N) is 2. The van der Waals surface area contributed by atoms with E-state index in [4.69, 9.17) is 16.6 Å². The molecule has 3 aromatic rings. The summed E-state index contributed by atoms with van der Waals surface area (Å²) in [5, 5.41) is 5.49. The highest BCUT2D eigenvalue weighted by molar-refractivity contribution is 5.98. The Kier molecular flexibility index (Phi) is 2.83. The van der Waals surface area contributed by atoms with Crippen molar-refractivity contribution in [3.63, 3.8) is 0 Å². The molecule has 6 heteroatoms. The first-order valence-corrected chi connectivity index (χ1v) is 6.73. The van der Waals surface area contributed by atoms with Gasteiger partial charge in [0, 0.05) is 11.3 Å². The molecule has 2 heterocycles. The fraction of sp³-hybridized carbons (Fsp3) is 0.267. The van der Waals surface area contributed by atoms with E-state index in [1.165, 1.54) is 6.33 Å². The Balaban J connectivity index is 2.35. The fourth-order valence-electron chi connectivity index (χ4n) is 2.29. The first-order chi connectivity index (χ1) is 9.88. The third kappa shape index (κ3) is 2.18.